The molecule has 80 valence electrons. The van der Waals surface area contributed by atoms with Gasteiger partial charge in [0.2, 0.25) is 5.91 Å². The lowest BCUT2D eigenvalue weighted by Gasteiger charge is -2.17. The van der Waals surface area contributed by atoms with Crippen molar-refractivity contribution in [3.63, 3.8) is 0 Å². The fraction of sp³-hybridized carbons (Fsp3) is 0.308. The maximum absolute atomic E-state index is 11.1. The molecule has 1 atom stereocenters. The first-order valence-corrected chi connectivity index (χ1v) is 5.17. The van der Waals surface area contributed by atoms with E-state index in [1.807, 2.05) is 36.4 Å². The molecule has 0 aliphatic carbocycles. The first-order valence-electron chi connectivity index (χ1n) is 5.17. The Kier molecular flexibility index (Phi) is 4.61. The van der Waals surface area contributed by atoms with Gasteiger partial charge in [0.1, 0.15) is 0 Å². The Hall–Kier alpha value is -1.57. The molecule has 2 heteroatoms. The number of rotatable bonds is 5. The van der Waals surface area contributed by atoms with Crippen molar-refractivity contribution in [2.24, 2.45) is 0 Å². The van der Waals surface area contributed by atoms with Crippen molar-refractivity contribution in [3.05, 3.63) is 48.6 Å². The first kappa shape index (κ1) is 11.5. The van der Waals surface area contributed by atoms with Gasteiger partial charge in [-0.2, -0.15) is 0 Å². The molecule has 1 amide bonds. The van der Waals surface area contributed by atoms with Crippen LogP contribution >= 0.6 is 0 Å². The summed E-state index contributed by atoms with van der Waals surface area (Å²) >= 11 is 0. The highest BCUT2D eigenvalue weighted by molar-refractivity contribution is 5.73. The second-order valence-electron chi connectivity index (χ2n) is 3.53. The molecule has 0 aliphatic rings. The van der Waals surface area contributed by atoms with Crippen LogP contribution in [0.15, 0.2) is 43.0 Å². The number of hydrogen-bond donors (Lipinski definition) is 1. The third kappa shape index (κ3) is 3.98. The minimum atomic E-state index is 0.00733. The second-order valence-corrected chi connectivity index (χ2v) is 3.53. The summed E-state index contributed by atoms with van der Waals surface area (Å²) in [5, 5.41) is 2.94. The fourth-order valence-corrected chi connectivity index (χ4v) is 1.54. The number of carbonyl (C=O) groups is 1. The van der Waals surface area contributed by atoms with Crippen LogP contribution in [0.3, 0.4) is 0 Å². The van der Waals surface area contributed by atoms with Gasteiger partial charge in [-0.05, 0) is 18.4 Å². The van der Waals surface area contributed by atoms with Crippen molar-refractivity contribution < 1.29 is 4.79 Å². The van der Waals surface area contributed by atoms with E-state index in [1.165, 1.54) is 0 Å². The SMILES string of the molecule is C=CCCC(NC(C)=O)c1ccccc1. The molecule has 1 aromatic rings. The van der Waals surface area contributed by atoms with Crippen LogP contribution < -0.4 is 5.32 Å². The molecular weight excluding hydrogens is 186 g/mol. The molecule has 0 fully saturated rings. The summed E-state index contributed by atoms with van der Waals surface area (Å²) in [7, 11) is 0. The van der Waals surface area contributed by atoms with Gasteiger partial charge in [0, 0.05) is 6.92 Å². The third-order valence-corrected chi connectivity index (χ3v) is 2.24. The summed E-state index contributed by atoms with van der Waals surface area (Å²) in [6, 6.07) is 10.1. The van der Waals surface area contributed by atoms with Crippen molar-refractivity contribution in [1.29, 1.82) is 0 Å². The zero-order chi connectivity index (χ0) is 11.1. The van der Waals surface area contributed by atoms with Gasteiger partial charge in [0.25, 0.3) is 0 Å². The van der Waals surface area contributed by atoms with Crippen molar-refractivity contribution in [2.45, 2.75) is 25.8 Å². The van der Waals surface area contributed by atoms with E-state index in [0.717, 1.165) is 18.4 Å². The standard InChI is InChI=1S/C13H17NO/c1-3-4-10-13(14-11(2)15)12-8-6-5-7-9-12/h3,5-9,13H,1,4,10H2,2H3,(H,14,15). The molecule has 15 heavy (non-hydrogen) atoms. The molecule has 0 aliphatic heterocycles. The Morgan fingerprint density at radius 3 is 2.67 bits per heavy atom. The summed E-state index contributed by atoms with van der Waals surface area (Å²) in [5.41, 5.74) is 1.15. The maximum Gasteiger partial charge on any atom is 0.217 e. The molecular formula is C13H17NO. The van der Waals surface area contributed by atoms with Gasteiger partial charge in [-0.25, -0.2) is 0 Å². The Morgan fingerprint density at radius 1 is 1.47 bits per heavy atom. The second kappa shape index (κ2) is 6.02. The third-order valence-electron chi connectivity index (χ3n) is 2.24. The maximum atomic E-state index is 11.1. The van der Waals surface area contributed by atoms with Crippen LogP contribution in [0.2, 0.25) is 0 Å². The highest BCUT2D eigenvalue weighted by atomic mass is 16.1. The highest BCUT2D eigenvalue weighted by Gasteiger charge is 2.10. The number of amides is 1. The molecule has 0 radical (unpaired) electrons. The average molecular weight is 203 g/mol. The molecule has 1 aromatic carbocycles. The number of benzene rings is 1. The summed E-state index contributed by atoms with van der Waals surface area (Å²) in [6.45, 7) is 5.24. The predicted octanol–water partition coefficient (Wildman–Crippen LogP) is 2.83. The molecule has 0 saturated heterocycles. The minimum absolute atomic E-state index is 0.00733. The van der Waals surface area contributed by atoms with Gasteiger partial charge >= 0.3 is 0 Å². The fourth-order valence-electron chi connectivity index (χ4n) is 1.54. The van der Waals surface area contributed by atoms with E-state index < -0.39 is 0 Å². The Bertz CT molecular complexity index is 319. The molecule has 1 N–H and O–H groups in total. The zero-order valence-corrected chi connectivity index (χ0v) is 9.07. The van der Waals surface area contributed by atoms with E-state index in [4.69, 9.17) is 0 Å². The van der Waals surface area contributed by atoms with Crippen molar-refractivity contribution in [2.75, 3.05) is 0 Å². The van der Waals surface area contributed by atoms with Gasteiger partial charge in [0.05, 0.1) is 6.04 Å². The van der Waals surface area contributed by atoms with Crippen molar-refractivity contribution in [3.8, 4) is 0 Å². The van der Waals surface area contributed by atoms with Gasteiger partial charge in [0.15, 0.2) is 0 Å². The Labute approximate surface area is 91.0 Å². The summed E-state index contributed by atoms with van der Waals surface area (Å²) in [4.78, 5) is 11.1. The monoisotopic (exact) mass is 203 g/mol. The first-order chi connectivity index (χ1) is 7.24. The minimum Gasteiger partial charge on any atom is -0.350 e. The Morgan fingerprint density at radius 2 is 2.13 bits per heavy atom. The Balaban J connectivity index is 2.71. The van der Waals surface area contributed by atoms with Crippen LogP contribution in [0, 0.1) is 0 Å². The van der Waals surface area contributed by atoms with Crippen LogP contribution in [0.1, 0.15) is 31.4 Å². The lowest BCUT2D eigenvalue weighted by atomic mass is 10.0. The topological polar surface area (TPSA) is 29.1 Å². The van der Waals surface area contributed by atoms with Crippen LogP contribution in [0.4, 0.5) is 0 Å². The summed E-state index contributed by atoms with van der Waals surface area (Å²) < 4.78 is 0. The molecule has 1 rings (SSSR count). The molecule has 0 bridgehead atoms. The van der Waals surface area contributed by atoms with Crippen LogP contribution in [0.25, 0.3) is 0 Å². The van der Waals surface area contributed by atoms with Crippen molar-refractivity contribution >= 4 is 5.91 Å². The van der Waals surface area contributed by atoms with Crippen LogP contribution in [-0.4, -0.2) is 5.91 Å². The predicted molar refractivity (Wildman–Crippen MR) is 62.4 cm³/mol. The average Bonchev–Trinajstić information content (AvgIpc) is 2.25. The molecule has 2 nitrogen and oxygen atoms in total. The molecule has 1 unspecified atom stereocenters. The van der Waals surface area contributed by atoms with Gasteiger partial charge < -0.3 is 5.32 Å². The quantitative estimate of drug-likeness (QED) is 0.732. The van der Waals surface area contributed by atoms with E-state index in [2.05, 4.69) is 11.9 Å². The van der Waals surface area contributed by atoms with Crippen LogP contribution in [0.5, 0.6) is 0 Å². The van der Waals surface area contributed by atoms with E-state index in [-0.39, 0.29) is 11.9 Å². The zero-order valence-electron chi connectivity index (χ0n) is 9.07. The molecule has 0 saturated carbocycles. The molecule has 0 spiro atoms. The normalized spacial score (nSPS) is 11.8. The van der Waals surface area contributed by atoms with Gasteiger partial charge in [-0.3, -0.25) is 4.79 Å². The van der Waals surface area contributed by atoms with E-state index in [1.54, 1.807) is 6.92 Å². The van der Waals surface area contributed by atoms with Gasteiger partial charge in [-0.15, -0.1) is 6.58 Å². The van der Waals surface area contributed by atoms with Gasteiger partial charge in [-0.1, -0.05) is 36.4 Å². The summed E-state index contributed by atoms with van der Waals surface area (Å²) in [6.07, 6.45) is 3.67. The lowest BCUT2D eigenvalue weighted by Crippen LogP contribution is -2.25. The highest BCUT2D eigenvalue weighted by Crippen LogP contribution is 2.18. The summed E-state index contributed by atoms with van der Waals surface area (Å²) in [5.74, 6) is 0.00733. The molecule has 0 aromatic heterocycles. The van der Waals surface area contributed by atoms with Crippen molar-refractivity contribution in [1.82, 2.24) is 5.32 Å². The van der Waals surface area contributed by atoms with Crippen LogP contribution in [-0.2, 0) is 4.79 Å². The number of allylic oxidation sites excluding steroid dienone is 1. The van der Waals surface area contributed by atoms with E-state index in [0.29, 0.717) is 0 Å². The number of carbonyl (C=O) groups excluding carboxylic acids is 1. The number of nitrogens with one attached hydrogen (secondary N) is 1. The van der Waals surface area contributed by atoms with E-state index >= 15 is 0 Å². The number of hydrogen-bond acceptors (Lipinski definition) is 1. The largest absolute Gasteiger partial charge is 0.350 e. The smallest absolute Gasteiger partial charge is 0.217 e. The van der Waals surface area contributed by atoms with E-state index in [9.17, 15) is 4.79 Å². The lowest BCUT2D eigenvalue weighted by molar-refractivity contribution is -0.119. The molecule has 0 heterocycles.